The topological polar surface area (TPSA) is 36.1 Å². The number of allylic oxidation sites excluding steroid dienone is 3. The van der Waals surface area contributed by atoms with Crippen LogP contribution in [0.3, 0.4) is 0 Å². The van der Waals surface area contributed by atoms with Crippen LogP contribution < -0.4 is 0 Å². The molecule has 194 valence electrons. The number of nitrogens with zero attached hydrogens (tertiary/aromatic N) is 2. The van der Waals surface area contributed by atoms with Crippen molar-refractivity contribution in [1.29, 1.82) is 5.26 Å². The van der Waals surface area contributed by atoms with E-state index in [2.05, 4.69) is 110 Å². The van der Waals surface area contributed by atoms with E-state index in [1.165, 1.54) is 39.1 Å². The first-order valence-corrected chi connectivity index (χ1v) is 13.4. The fraction of sp³-hybridized carbons (Fsp3) is 0.278. The van der Waals surface area contributed by atoms with Crippen LogP contribution in [0.2, 0.25) is 0 Å². The van der Waals surface area contributed by atoms with E-state index in [9.17, 15) is 5.26 Å². The van der Waals surface area contributed by atoms with E-state index in [0.717, 1.165) is 46.4 Å². The molecule has 0 saturated carbocycles. The molecule has 0 saturated heterocycles. The molecule has 3 aromatic carbocycles. The van der Waals surface area contributed by atoms with E-state index in [-0.39, 0.29) is 0 Å². The van der Waals surface area contributed by atoms with Crippen LogP contribution in [0.15, 0.2) is 78.0 Å². The van der Waals surface area contributed by atoms with E-state index >= 15 is 0 Å². The molecule has 2 nitrogen and oxygen atoms in total. The molecule has 3 aromatic rings. The van der Waals surface area contributed by atoms with Gasteiger partial charge in [-0.1, -0.05) is 81.1 Å². The highest BCUT2D eigenvalue weighted by molar-refractivity contribution is 6.02. The van der Waals surface area contributed by atoms with E-state index in [1.807, 2.05) is 6.07 Å². The number of aliphatic imine (C=N–C) groups is 1. The number of aryl methyl sites for hydroxylation is 1. The predicted molar refractivity (Wildman–Crippen MR) is 166 cm³/mol. The van der Waals surface area contributed by atoms with Gasteiger partial charge in [0, 0.05) is 11.4 Å². The minimum atomic E-state index is 0.629. The third kappa shape index (κ3) is 5.95. The van der Waals surface area contributed by atoms with E-state index in [4.69, 9.17) is 4.99 Å². The van der Waals surface area contributed by atoms with Gasteiger partial charge in [0.15, 0.2) is 0 Å². The highest BCUT2D eigenvalue weighted by Gasteiger charge is 2.16. The second-order valence-corrected chi connectivity index (χ2v) is 10.0. The molecular weight excluding hydrogens is 460 g/mol. The van der Waals surface area contributed by atoms with E-state index < -0.39 is 0 Å². The Balaban J connectivity index is 2.04. The molecule has 0 unspecified atom stereocenters. The Hall–Kier alpha value is -3.96. The van der Waals surface area contributed by atoms with Gasteiger partial charge in [-0.15, -0.1) is 0 Å². The standard InChI is InChI=1S/C36H40N2/c1-10-23(4)36(12-3)38-28(9)32-16-14-18-34(27(32)8)33-17-13-15-31(26(33)7)25(6)20-35-24(5)19-29(11-2)21-30(35)22-37/h11,13-19,21H,2,6,10,12,20H2,1,3-5,7-9H3/b36-23+,38-28+. The van der Waals surface area contributed by atoms with Crippen molar-refractivity contribution in [2.45, 2.75) is 67.7 Å². The van der Waals surface area contributed by atoms with E-state index in [0.29, 0.717) is 12.0 Å². The Bertz CT molecular complexity index is 1490. The van der Waals surface area contributed by atoms with Crippen molar-refractivity contribution >= 4 is 17.4 Å². The molecule has 0 fully saturated rings. The Morgan fingerprint density at radius 3 is 2.08 bits per heavy atom. The Labute approximate surface area is 229 Å². The Kier molecular flexibility index (Phi) is 9.43. The number of hydrogen-bond acceptors (Lipinski definition) is 2. The second-order valence-electron chi connectivity index (χ2n) is 10.0. The molecule has 0 spiro atoms. The lowest BCUT2D eigenvalue weighted by atomic mass is 9.86. The summed E-state index contributed by atoms with van der Waals surface area (Å²) in [5, 5.41) is 9.78. The average molecular weight is 501 g/mol. The van der Waals surface area contributed by atoms with Crippen molar-refractivity contribution in [3.8, 4) is 17.2 Å². The molecule has 38 heavy (non-hydrogen) atoms. The van der Waals surface area contributed by atoms with Crippen LogP contribution in [-0.2, 0) is 6.42 Å². The van der Waals surface area contributed by atoms with Gasteiger partial charge in [0.2, 0.25) is 0 Å². The quantitative estimate of drug-likeness (QED) is 0.269. The fourth-order valence-electron chi connectivity index (χ4n) is 5.18. The monoisotopic (exact) mass is 500 g/mol. The summed E-state index contributed by atoms with van der Waals surface area (Å²) in [6.07, 6.45) is 4.36. The summed E-state index contributed by atoms with van der Waals surface area (Å²) in [4.78, 5) is 5.03. The molecule has 0 bridgehead atoms. The Morgan fingerprint density at radius 1 is 0.921 bits per heavy atom. The van der Waals surface area contributed by atoms with Crippen molar-refractivity contribution in [3.05, 3.63) is 117 Å². The third-order valence-corrected chi connectivity index (χ3v) is 7.63. The average Bonchev–Trinajstić information content (AvgIpc) is 2.92. The zero-order chi connectivity index (χ0) is 28.0. The molecular formula is C36H40N2. The van der Waals surface area contributed by atoms with Crippen LogP contribution in [0, 0.1) is 32.1 Å². The van der Waals surface area contributed by atoms with Crippen molar-refractivity contribution in [1.82, 2.24) is 0 Å². The largest absolute Gasteiger partial charge is 0.258 e. The zero-order valence-electron chi connectivity index (χ0n) is 24.1. The summed E-state index contributed by atoms with van der Waals surface area (Å²) in [5.41, 5.74) is 15.5. The van der Waals surface area contributed by atoms with Crippen LogP contribution in [-0.4, -0.2) is 5.71 Å². The van der Waals surface area contributed by atoms with Crippen LogP contribution in [0.1, 0.15) is 85.0 Å². The van der Waals surface area contributed by atoms with Crippen molar-refractivity contribution in [3.63, 3.8) is 0 Å². The van der Waals surface area contributed by atoms with E-state index in [1.54, 1.807) is 6.08 Å². The summed E-state index contributed by atoms with van der Waals surface area (Å²) < 4.78 is 0. The van der Waals surface area contributed by atoms with Gasteiger partial charge < -0.3 is 0 Å². The lowest BCUT2D eigenvalue weighted by Crippen LogP contribution is -2.03. The minimum Gasteiger partial charge on any atom is -0.258 e. The molecule has 0 radical (unpaired) electrons. The van der Waals surface area contributed by atoms with Gasteiger partial charge in [-0.3, -0.25) is 4.99 Å². The van der Waals surface area contributed by atoms with Crippen LogP contribution >= 0.6 is 0 Å². The van der Waals surface area contributed by atoms with Gasteiger partial charge in [-0.05, 0) is 116 Å². The maximum Gasteiger partial charge on any atom is 0.0994 e. The Morgan fingerprint density at radius 2 is 1.53 bits per heavy atom. The smallest absolute Gasteiger partial charge is 0.0994 e. The van der Waals surface area contributed by atoms with Gasteiger partial charge in [0.25, 0.3) is 0 Å². The second kappa shape index (κ2) is 12.5. The molecule has 0 aliphatic carbocycles. The summed E-state index contributed by atoms with van der Waals surface area (Å²) in [5.74, 6) is 0. The molecule has 2 heteroatoms. The highest BCUT2D eigenvalue weighted by atomic mass is 14.8. The van der Waals surface area contributed by atoms with Crippen LogP contribution in [0.5, 0.6) is 0 Å². The predicted octanol–water partition coefficient (Wildman–Crippen LogP) is 9.95. The lowest BCUT2D eigenvalue weighted by Gasteiger charge is -2.18. The minimum absolute atomic E-state index is 0.629. The van der Waals surface area contributed by atoms with Gasteiger partial charge in [-0.2, -0.15) is 5.26 Å². The summed E-state index contributed by atoms with van der Waals surface area (Å²) in [6.45, 7) is 23.4. The SMILES string of the molecule is C=Cc1cc(C)c(CC(=C)c2cccc(-c3cccc(/C(C)=N/C(CC)=C(\C)CC)c3C)c2C)c(C#N)c1. The maximum absolute atomic E-state index is 9.78. The third-order valence-electron chi connectivity index (χ3n) is 7.63. The summed E-state index contributed by atoms with van der Waals surface area (Å²) in [6, 6.07) is 19.3. The molecule has 0 amide bonds. The van der Waals surface area contributed by atoms with Gasteiger partial charge in [0.05, 0.1) is 11.6 Å². The van der Waals surface area contributed by atoms with Crippen LogP contribution in [0.25, 0.3) is 22.8 Å². The maximum atomic E-state index is 9.78. The number of hydrogen-bond donors (Lipinski definition) is 0. The van der Waals surface area contributed by atoms with Gasteiger partial charge in [0.1, 0.15) is 0 Å². The van der Waals surface area contributed by atoms with Crippen molar-refractivity contribution in [2.75, 3.05) is 0 Å². The lowest BCUT2D eigenvalue weighted by molar-refractivity contribution is 0.965. The molecule has 0 atom stereocenters. The first-order valence-electron chi connectivity index (χ1n) is 13.4. The number of benzene rings is 3. The molecule has 0 aliphatic heterocycles. The normalized spacial score (nSPS) is 12.1. The molecule has 3 rings (SSSR count). The van der Waals surface area contributed by atoms with Crippen LogP contribution in [0.4, 0.5) is 0 Å². The van der Waals surface area contributed by atoms with Crippen molar-refractivity contribution < 1.29 is 0 Å². The molecule has 0 heterocycles. The zero-order valence-corrected chi connectivity index (χ0v) is 24.1. The first-order chi connectivity index (χ1) is 18.2. The van der Waals surface area contributed by atoms with Gasteiger partial charge >= 0.3 is 0 Å². The molecule has 0 aromatic heterocycles. The number of nitriles is 1. The number of rotatable bonds is 9. The summed E-state index contributed by atoms with van der Waals surface area (Å²) >= 11 is 0. The fourth-order valence-corrected chi connectivity index (χ4v) is 5.18. The summed E-state index contributed by atoms with van der Waals surface area (Å²) in [7, 11) is 0. The highest BCUT2D eigenvalue weighted by Crippen LogP contribution is 2.34. The van der Waals surface area contributed by atoms with Crippen molar-refractivity contribution in [2.24, 2.45) is 4.99 Å². The molecule has 0 N–H and O–H groups in total. The first kappa shape index (κ1) is 28.6. The van der Waals surface area contributed by atoms with Gasteiger partial charge in [-0.25, -0.2) is 0 Å². The molecule has 0 aliphatic rings.